The minimum absolute atomic E-state index is 0.139. The Labute approximate surface area is 168 Å². The van der Waals surface area contributed by atoms with Crippen molar-refractivity contribution in [1.82, 2.24) is 15.2 Å². The molecular formula is C24H21N3O2. The minimum Gasteiger partial charge on any atom is -0.456 e. The van der Waals surface area contributed by atoms with Crippen LogP contribution < -0.4 is 16.1 Å². The van der Waals surface area contributed by atoms with E-state index in [4.69, 9.17) is 4.42 Å². The van der Waals surface area contributed by atoms with E-state index in [2.05, 4.69) is 21.3 Å². The number of para-hydroxylation sites is 1. The lowest BCUT2D eigenvalue weighted by Gasteiger charge is -2.18. The molecule has 5 rings (SSSR count). The highest BCUT2D eigenvalue weighted by molar-refractivity contribution is 6.07. The van der Waals surface area contributed by atoms with E-state index < -0.39 is 0 Å². The Morgan fingerprint density at radius 2 is 2.00 bits per heavy atom. The topological polar surface area (TPSA) is 61.3 Å². The Bertz CT molecular complexity index is 1350. The Kier molecular flexibility index (Phi) is 4.02. The predicted molar refractivity (Wildman–Crippen MR) is 115 cm³/mol. The molecule has 2 N–H and O–H groups in total. The first kappa shape index (κ1) is 17.4. The summed E-state index contributed by atoms with van der Waals surface area (Å²) in [6.07, 6.45) is 14.4. The molecule has 0 saturated heterocycles. The number of likely N-dealkylation sites (N-methyl/N-ethyl adjacent to an activating group) is 1. The lowest BCUT2D eigenvalue weighted by molar-refractivity contribution is 0.0969. The number of hydrogen-bond acceptors (Lipinski definition) is 3. The second-order valence-electron chi connectivity index (χ2n) is 7.45. The van der Waals surface area contributed by atoms with Gasteiger partial charge in [-0.1, -0.05) is 24.3 Å². The third-order valence-corrected chi connectivity index (χ3v) is 5.38. The molecule has 0 fully saturated rings. The molecule has 0 atom stereocenters. The average Bonchev–Trinajstić information content (AvgIpc) is 3.23. The fourth-order valence-electron chi connectivity index (χ4n) is 3.81. The van der Waals surface area contributed by atoms with Crippen molar-refractivity contribution in [3.63, 3.8) is 0 Å². The van der Waals surface area contributed by atoms with Gasteiger partial charge in [-0.15, -0.1) is 0 Å². The molecule has 2 aliphatic carbocycles. The van der Waals surface area contributed by atoms with E-state index in [0.717, 1.165) is 45.0 Å². The van der Waals surface area contributed by atoms with E-state index in [9.17, 15) is 4.79 Å². The Balaban J connectivity index is 1.49. The molecule has 0 spiro atoms. The van der Waals surface area contributed by atoms with Crippen molar-refractivity contribution >= 4 is 35.0 Å². The summed E-state index contributed by atoms with van der Waals surface area (Å²) in [6, 6.07) is 7.79. The smallest absolute Gasteiger partial charge is 0.257 e. The molecule has 29 heavy (non-hydrogen) atoms. The zero-order valence-electron chi connectivity index (χ0n) is 16.3. The van der Waals surface area contributed by atoms with Crippen LogP contribution in [0.2, 0.25) is 0 Å². The van der Waals surface area contributed by atoms with Gasteiger partial charge < -0.3 is 19.6 Å². The van der Waals surface area contributed by atoms with Crippen LogP contribution in [-0.4, -0.2) is 29.9 Å². The molecule has 0 bridgehead atoms. The lowest BCUT2D eigenvalue weighted by Crippen LogP contribution is -2.22. The highest BCUT2D eigenvalue weighted by Crippen LogP contribution is 2.20. The summed E-state index contributed by atoms with van der Waals surface area (Å²) in [6.45, 7) is 0. The van der Waals surface area contributed by atoms with Gasteiger partial charge in [-0.05, 0) is 36.4 Å². The van der Waals surface area contributed by atoms with Gasteiger partial charge in [0, 0.05) is 60.1 Å². The van der Waals surface area contributed by atoms with Gasteiger partial charge in [-0.2, -0.15) is 0 Å². The Hall–Kier alpha value is -3.73. The number of rotatable bonds is 3. The number of amides is 1. The SMILES string of the molecule is CN(C)C1=CC=c2oc3c(c2C1)C=C(NC(=O)c1c[nH]c2ccccc12)C=CC=3. The highest BCUT2D eigenvalue weighted by atomic mass is 16.3. The maximum atomic E-state index is 12.9. The fourth-order valence-corrected chi connectivity index (χ4v) is 3.81. The van der Waals surface area contributed by atoms with E-state index in [1.807, 2.05) is 68.7 Å². The normalized spacial score (nSPS) is 14.7. The molecule has 3 aromatic rings. The maximum absolute atomic E-state index is 12.9. The highest BCUT2D eigenvalue weighted by Gasteiger charge is 2.18. The number of nitrogens with one attached hydrogen (secondary N) is 2. The van der Waals surface area contributed by atoms with Crippen molar-refractivity contribution < 1.29 is 9.21 Å². The number of carbonyl (C=O) groups is 1. The van der Waals surface area contributed by atoms with Crippen molar-refractivity contribution in [3.05, 3.63) is 87.6 Å². The van der Waals surface area contributed by atoms with Crippen LogP contribution in [-0.2, 0) is 6.42 Å². The first-order valence-corrected chi connectivity index (χ1v) is 9.57. The van der Waals surface area contributed by atoms with Crippen LogP contribution in [0.3, 0.4) is 0 Å². The van der Waals surface area contributed by atoms with Crippen molar-refractivity contribution in [2.45, 2.75) is 6.42 Å². The number of benzene rings is 1. The summed E-state index contributed by atoms with van der Waals surface area (Å²) in [5.74, 6) is -0.139. The lowest BCUT2D eigenvalue weighted by atomic mass is 10.0. The van der Waals surface area contributed by atoms with Gasteiger partial charge in [0.05, 0.1) is 5.56 Å². The first-order valence-electron chi connectivity index (χ1n) is 9.57. The van der Waals surface area contributed by atoms with Gasteiger partial charge in [0.1, 0.15) is 10.8 Å². The summed E-state index contributed by atoms with van der Waals surface area (Å²) in [7, 11) is 4.08. The summed E-state index contributed by atoms with van der Waals surface area (Å²) in [5.41, 5.74) is 7.38. The van der Waals surface area contributed by atoms with E-state index in [1.54, 1.807) is 6.20 Å². The van der Waals surface area contributed by atoms with Gasteiger partial charge in [0.25, 0.3) is 5.91 Å². The molecule has 144 valence electrons. The number of allylic oxidation sites excluding steroid dienone is 4. The molecule has 2 heterocycles. The van der Waals surface area contributed by atoms with Gasteiger partial charge in [0.2, 0.25) is 0 Å². The number of fused-ring (bicyclic) bond motifs is 4. The van der Waals surface area contributed by atoms with Crippen LogP contribution in [0.25, 0.3) is 29.1 Å². The zero-order valence-corrected chi connectivity index (χ0v) is 16.3. The van der Waals surface area contributed by atoms with Gasteiger partial charge in [0.15, 0.2) is 0 Å². The van der Waals surface area contributed by atoms with Crippen molar-refractivity contribution in [2.75, 3.05) is 14.1 Å². The number of furan rings is 1. The van der Waals surface area contributed by atoms with Crippen LogP contribution in [0.1, 0.15) is 21.5 Å². The van der Waals surface area contributed by atoms with Gasteiger partial charge in [-0.25, -0.2) is 0 Å². The van der Waals surface area contributed by atoms with E-state index in [0.29, 0.717) is 5.56 Å². The maximum Gasteiger partial charge on any atom is 0.257 e. The number of aromatic amines is 1. The minimum atomic E-state index is -0.139. The van der Waals surface area contributed by atoms with Crippen LogP contribution >= 0.6 is 0 Å². The summed E-state index contributed by atoms with van der Waals surface area (Å²) >= 11 is 0. The molecular weight excluding hydrogens is 362 g/mol. The van der Waals surface area contributed by atoms with Crippen LogP contribution in [0.5, 0.6) is 0 Å². The first-order chi connectivity index (χ1) is 14.1. The van der Waals surface area contributed by atoms with Crippen LogP contribution in [0.4, 0.5) is 0 Å². The molecule has 2 aromatic heterocycles. The van der Waals surface area contributed by atoms with Crippen molar-refractivity contribution in [2.24, 2.45) is 0 Å². The summed E-state index contributed by atoms with van der Waals surface area (Å²) in [4.78, 5) is 18.2. The van der Waals surface area contributed by atoms with E-state index >= 15 is 0 Å². The fraction of sp³-hybridized carbons (Fsp3) is 0.125. The predicted octanol–water partition coefficient (Wildman–Crippen LogP) is 2.66. The quantitative estimate of drug-likeness (QED) is 0.731. The van der Waals surface area contributed by atoms with E-state index in [1.165, 1.54) is 5.70 Å². The number of nitrogens with zero attached hydrogens (tertiary/aromatic N) is 1. The molecule has 0 saturated carbocycles. The van der Waals surface area contributed by atoms with Gasteiger partial charge in [-0.3, -0.25) is 4.79 Å². The molecule has 1 amide bonds. The van der Waals surface area contributed by atoms with Crippen LogP contribution in [0.15, 0.2) is 64.5 Å². The Morgan fingerprint density at radius 1 is 1.14 bits per heavy atom. The molecule has 0 radical (unpaired) electrons. The van der Waals surface area contributed by atoms with Crippen molar-refractivity contribution in [3.8, 4) is 0 Å². The molecule has 0 aliphatic heterocycles. The van der Waals surface area contributed by atoms with Gasteiger partial charge >= 0.3 is 0 Å². The molecule has 2 aliphatic rings. The third-order valence-electron chi connectivity index (χ3n) is 5.38. The zero-order chi connectivity index (χ0) is 20.0. The standard InChI is InChI=1S/C24H21N3O2/c1-27(2)16-10-11-23-19(13-16)18-12-15(6-5-9-22(18)29-23)26-24(28)20-14-25-21-8-4-3-7-17(20)21/h3-12,14,25H,13H2,1-2H3,(H,26,28). The largest absolute Gasteiger partial charge is 0.456 e. The molecule has 1 aromatic carbocycles. The molecule has 5 heteroatoms. The summed E-state index contributed by atoms with van der Waals surface area (Å²) in [5, 5.41) is 3.95. The number of aromatic nitrogens is 1. The van der Waals surface area contributed by atoms with Crippen molar-refractivity contribution in [1.29, 1.82) is 0 Å². The monoisotopic (exact) mass is 383 g/mol. The average molecular weight is 383 g/mol. The third kappa shape index (κ3) is 3.01. The Morgan fingerprint density at radius 3 is 2.86 bits per heavy atom. The van der Waals surface area contributed by atoms with E-state index in [-0.39, 0.29) is 5.91 Å². The number of H-pyrrole nitrogens is 1. The second-order valence-corrected chi connectivity index (χ2v) is 7.45. The second kappa shape index (κ2) is 6.71. The molecule has 0 unspecified atom stereocenters. The number of carbonyl (C=O) groups excluding carboxylic acids is 1. The molecule has 5 nitrogen and oxygen atoms in total. The summed E-state index contributed by atoms with van der Waals surface area (Å²) < 4.78 is 6.03. The number of hydrogen-bond donors (Lipinski definition) is 2. The van der Waals surface area contributed by atoms with Crippen LogP contribution in [0, 0.1) is 0 Å².